The third kappa shape index (κ3) is 4.19. The van der Waals surface area contributed by atoms with Gasteiger partial charge < -0.3 is 0 Å². The molecule has 29 heavy (non-hydrogen) atoms. The van der Waals surface area contributed by atoms with Gasteiger partial charge in [0.25, 0.3) is 5.56 Å². The maximum Gasteiger partial charge on any atom is 0.416 e. The smallest absolute Gasteiger partial charge is 0.289 e. The van der Waals surface area contributed by atoms with E-state index >= 15 is 0 Å². The van der Waals surface area contributed by atoms with E-state index in [0.29, 0.717) is 6.07 Å². The summed E-state index contributed by atoms with van der Waals surface area (Å²) in [6.45, 7) is 1.41. The molecule has 1 N–H and O–H groups in total. The van der Waals surface area contributed by atoms with E-state index in [-0.39, 0.29) is 37.3 Å². The van der Waals surface area contributed by atoms with Crippen molar-refractivity contribution in [2.24, 2.45) is 0 Å². The lowest BCUT2D eigenvalue weighted by atomic mass is 10.1. The summed E-state index contributed by atoms with van der Waals surface area (Å²) in [7, 11) is -3.82. The molecular formula is C17H12Cl2F3N3O3S. The molecule has 0 saturated carbocycles. The Morgan fingerprint density at radius 3 is 2.48 bits per heavy atom. The van der Waals surface area contributed by atoms with E-state index in [2.05, 4.69) is 10.4 Å². The highest BCUT2D eigenvalue weighted by atomic mass is 35.5. The van der Waals surface area contributed by atoms with Crippen LogP contribution in [0.3, 0.4) is 0 Å². The Hall–Kier alpha value is -2.30. The number of halogens is 5. The van der Waals surface area contributed by atoms with Crippen molar-refractivity contribution in [3.63, 3.8) is 0 Å². The number of sulfone groups is 1. The summed E-state index contributed by atoms with van der Waals surface area (Å²) >= 11 is 12.0. The van der Waals surface area contributed by atoms with Gasteiger partial charge in [0.2, 0.25) is 0 Å². The summed E-state index contributed by atoms with van der Waals surface area (Å²) in [5, 5.41) is -0.375. The number of benzene rings is 2. The molecule has 0 aliphatic carbocycles. The van der Waals surface area contributed by atoms with Gasteiger partial charge in [-0.1, -0.05) is 30.1 Å². The quantitative estimate of drug-likeness (QED) is 0.617. The third-order valence-electron chi connectivity index (χ3n) is 4.03. The average molecular weight is 466 g/mol. The molecule has 0 unspecified atom stereocenters. The van der Waals surface area contributed by atoms with Crippen LogP contribution in [-0.2, 0) is 16.0 Å². The second-order valence-corrected chi connectivity index (χ2v) is 8.99. The van der Waals surface area contributed by atoms with Gasteiger partial charge in [-0.15, -0.1) is 0 Å². The average Bonchev–Trinajstić information content (AvgIpc) is 2.62. The van der Waals surface area contributed by atoms with Crippen LogP contribution in [0.4, 0.5) is 18.9 Å². The first-order chi connectivity index (χ1) is 13.4. The fourth-order valence-corrected chi connectivity index (χ4v) is 4.54. The van der Waals surface area contributed by atoms with E-state index in [4.69, 9.17) is 23.2 Å². The molecule has 6 nitrogen and oxygen atoms in total. The Balaban J connectivity index is 2.19. The topological polar surface area (TPSA) is 81.1 Å². The molecule has 0 fully saturated rings. The second kappa shape index (κ2) is 7.51. The van der Waals surface area contributed by atoms with Crippen LogP contribution < -0.4 is 11.0 Å². The van der Waals surface area contributed by atoms with Gasteiger partial charge in [-0.05, 0) is 30.3 Å². The lowest BCUT2D eigenvalue weighted by Gasteiger charge is -2.16. The third-order valence-corrected chi connectivity index (χ3v) is 6.48. The van der Waals surface area contributed by atoms with Gasteiger partial charge in [0.05, 0.1) is 32.9 Å². The largest absolute Gasteiger partial charge is 0.416 e. The Labute approximate surface area is 172 Å². The number of fused-ring (bicyclic) bond motifs is 1. The summed E-state index contributed by atoms with van der Waals surface area (Å²) in [6, 6.07) is 5.03. The lowest BCUT2D eigenvalue weighted by molar-refractivity contribution is -0.137. The normalized spacial score (nSPS) is 12.3. The Morgan fingerprint density at radius 2 is 1.86 bits per heavy atom. The summed E-state index contributed by atoms with van der Waals surface area (Å²) in [6.07, 6.45) is -3.62. The molecule has 2 aromatic carbocycles. The fourth-order valence-electron chi connectivity index (χ4n) is 2.61. The minimum absolute atomic E-state index is 0.0478. The van der Waals surface area contributed by atoms with Gasteiger partial charge in [0.1, 0.15) is 11.2 Å². The molecular weight excluding hydrogens is 454 g/mol. The van der Waals surface area contributed by atoms with Gasteiger partial charge in [-0.2, -0.15) is 13.2 Å². The first-order valence-electron chi connectivity index (χ1n) is 8.01. The first kappa shape index (κ1) is 21.4. The van der Waals surface area contributed by atoms with Crippen LogP contribution in [0.15, 0.2) is 46.3 Å². The minimum atomic E-state index is -4.64. The fraction of sp³-hybridized carbons (Fsp3) is 0.176. The molecule has 0 bridgehead atoms. The molecule has 12 heteroatoms. The number of hydrogen-bond donors (Lipinski definition) is 1. The summed E-state index contributed by atoms with van der Waals surface area (Å²) in [5.41, 5.74) is 0.586. The summed E-state index contributed by atoms with van der Waals surface area (Å²) in [4.78, 5) is 16.3. The van der Waals surface area contributed by atoms with Gasteiger partial charge in [0.15, 0.2) is 9.84 Å². The summed E-state index contributed by atoms with van der Waals surface area (Å²) < 4.78 is 64.5. The van der Waals surface area contributed by atoms with Gasteiger partial charge in [-0.25, -0.2) is 18.1 Å². The predicted octanol–water partition coefficient (Wildman–Crippen LogP) is 4.39. The highest BCUT2D eigenvalue weighted by molar-refractivity contribution is 7.91. The van der Waals surface area contributed by atoms with Crippen LogP contribution >= 0.6 is 23.2 Å². The second-order valence-electron chi connectivity index (χ2n) is 5.93. The standard InChI is InChI=1S/C17H12Cl2F3N3O3S/c1-2-29(27,28)15-12(19)6-10(18)7-14(15)24-25-8-23-13-4-3-9(17(20,21)22)5-11(13)16(25)26/h3-8,24H,2H2,1H3. The SMILES string of the molecule is CCS(=O)(=O)c1c(Cl)cc(Cl)cc1Nn1cnc2ccc(C(F)(F)F)cc2c1=O. The minimum Gasteiger partial charge on any atom is -0.289 e. The molecule has 0 saturated heterocycles. The van der Waals surface area contributed by atoms with E-state index in [1.54, 1.807) is 0 Å². The van der Waals surface area contributed by atoms with Crippen molar-refractivity contribution in [3.8, 4) is 0 Å². The lowest BCUT2D eigenvalue weighted by Crippen LogP contribution is -2.27. The molecule has 154 valence electrons. The van der Waals surface area contributed by atoms with Crippen molar-refractivity contribution in [2.45, 2.75) is 18.0 Å². The van der Waals surface area contributed by atoms with Crippen LogP contribution in [0.1, 0.15) is 12.5 Å². The van der Waals surface area contributed by atoms with E-state index in [1.807, 2.05) is 0 Å². The predicted molar refractivity (Wildman–Crippen MR) is 104 cm³/mol. The zero-order chi connectivity index (χ0) is 21.6. The van der Waals surface area contributed by atoms with Crippen molar-refractivity contribution in [1.82, 2.24) is 9.66 Å². The number of rotatable bonds is 4. The number of nitrogens with one attached hydrogen (secondary N) is 1. The highest BCUT2D eigenvalue weighted by Crippen LogP contribution is 2.34. The Morgan fingerprint density at radius 1 is 1.17 bits per heavy atom. The first-order valence-corrected chi connectivity index (χ1v) is 10.4. The molecule has 0 atom stereocenters. The zero-order valence-electron chi connectivity index (χ0n) is 14.6. The summed E-state index contributed by atoms with van der Waals surface area (Å²) in [5.74, 6) is -0.275. The number of hydrogen-bond acceptors (Lipinski definition) is 5. The van der Waals surface area contributed by atoms with Gasteiger partial charge >= 0.3 is 6.18 Å². The van der Waals surface area contributed by atoms with Gasteiger partial charge in [-0.3, -0.25) is 10.2 Å². The number of anilines is 1. The van der Waals surface area contributed by atoms with Crippen LogP contribution in [0.5, 0.6) is 0 Å². The maximum atomic E-state index is 13.0. The molecule has 1 heterocycles. The number of nitrogens with zero attached hydrogens (tertiary/aromatic N) is 2. The van der Waals surface area contributed by atoms with Crippen LogP contribution in [0.25, 0.3) is 10.9 Å². The van der Waals surface area contributed by atoms with Gasteiger partial charge in [0, 0.05) is 5.02 Å². The molecule has 0 radical (unpaired) electrons. The zero-order valence-corrected chi connectivity index (χ0v) is 16.9. The molecule has 0 spiro atoms. The van der Waals surface area contributed by atoms with Crippen molar-refractivity contribution in [3.05, 3.63) is 62.6 Å². The molecule has 1 aromatic heterocycles. The van der Waals surface area contributed by atoms with Crippen LogP contribution in [0.2, 0.25) is 10.0 Å². The van der Waals surface area contributed by atoms with Crippen molar-refractivity contribution in [1.29, 1.82) is 0 Å². The number of aromatic nitrogens is 2. The van der Waals surface area contributed by atoms with E-state index < -0.39 is 27.1 Å². The number of alkyl halides is 3. The van der Waals surface area contributed by atoms with Crippen molar-refractivity contribution < 1.29 is 21.6 Å². The van der Waals surface area contributed by atoms with Crippen LogP contribution in [-0.4, -0.2) is 23.8 Å². The maximum absolute atomic E-state index is 13.0. The van der Waals surface area contributed by atoms with Crippen molar-refractivity contribution >= 4 is 49.6 Å². The molecule has 0 amide bonds. The Kier molecular flexibility index (Phi) is 5.54. The van der Waals surface area contributed by atoms with E-state index in [9.17, 15) is 26.4 Å². The molecule has 0 aliphatic rings. The molecule has 0 aliphatic heterocycles. The molecule has 3 aromatic rings. The van der Waals surface area contributed by atoms with E-state index in [1.165, 1.54) is 19.1 Å². The van der Waals surface area contributed by atoms with Crippen LogP contribution in [0, 0.1) is 0 Å². The Bertz CT molecular complexity index is 1270. The van der Waals surface area contributed by atoms with Crippen molar-refractivity contribution in [2.75, 3.05) is 11.2 Å². The highest BCUT2D eigenvalue weighted by Gasteiger charge is 2.31. The van der Waals surface area contributed by atoms with E-state index in [0.717, 1.165) is 23.1 Å². The monoisotopic (exact) mass is 465 g/mol. The molecule has 3 rings (SSSR count).